The molecule has 8 heteroatoms. The number of carbonyl (C=O) groups excluding carboxylic acids is 2. The van der Waals surface area contributed by atoms with Crippen LogP contribution in [0.5, 0.6) is 0 Å². The highest BCUT2D eigenvalue weighted by molar-refractivity contribution is 6.33. The summed E-state index contributed by atoms with van der Waals surface area (Å²) in [7, 11) is 0. The quantitative estimate of drug-likeness (QED) is 0.665. The fraction of sp³-hybridized carbons (Fsp3) is 0.273. The number of rotatable bonds is 4. The average molecular weight is 424 g/mol. The number of hydrogen-bond acceptors (Lipinski definition) is 4. The lowest BCUT2D eigenvalue weighted by atomic mass is 9.96. The largest absolute Gasteiger partial charge is 0.337 e. The van der Waals surface area contributed by atoms with Crippen molar-refractivity contribution in [2.45, 2.75) is 19.8 Å². The van der Waals surface area contributed by atoms with Crippen LogP contribution in [0.25, 0.3) is 11.3 Å². The third-order valence-electron chi connectivity index (χ3n) is 5.23. The fourth-order valence-corrected chi connectivity index (χ4v) is 3.88. The Labute approximate surface area is 179 Å². The summed E-state index contributed by atoms with van der Waals surface area (Å²) in [6, 6.07) is 10.9. The highest BCUT2D eigenvalue weighted by Crippen LogP contribution is 2.26. The predicted molar refractivity (Wildman–Crippen MR) is 115 cm³/mol. The number of aryl methyl sites for hydroxylation is 1. The van der Waals surface area contributed by atoms with Crippen molar-refractivity contribution in [3.05, 3.63) is 65.1 Å². The summed E-state index contributed by atoms with van der Waals surface area (Å²) in [5.41, 5.74) is 3.50. The summed E-state index contributed by atoms with van der Waals surface area (Å²) in [5.74, 6) is -0.580. The van der Waals surface area contributed by atoms with Crippen LogP contribution in [0.15, 0.2) is 48.8 Å². The van der Waals surface area contributed by atoms with E-state index in [1.807, 2.05) is 31.2 Å². The van der Waals surface area contributed by atoms with Crippen LogP contribution in [0.4, 0.5) is 5.69 Å². The first-order valence-corrected chi connectivity index (χ1v) is 10.2. The zero-order chi connectivity index (χ0) is 21.1. The number of hydrogen-bond donors (Lipinski definition) is 2. The molecular formula is C22H22ClN5O2. The van der Waals surface area contributed by atoms with Crippen molar-refractivity contribution < 1.29 is 9.59 Å². The van der Waals surface area contributed by atoms with Gasteiger partial charge in [0.1, 0.15) is 5.69 Å². The number of aromatic amines is 1. The molecule has 0 radical (unpaired) electrons. The number of pyridine rings is 1. The molecule has 2 N–H and O–H groups in total. The maximum atomic E-state index is 12.9. The molecule has 3 heterocycles. The molecule has 4 rings (SSSR count). The molecule has 1 aromatic carbocycles. The molecule has 2 aromatic heterocycles. The van der Waals surface area contributed by atoms with E-state index in [1.54, 1.807) is 29.4 Å². The number of aromatic nitrogens is 3. The van der Waals surface area contributed by atoms with Gasteiger partial charge in [0.25, 0.3) is 5.91 Å². The fourth-order valence-electron chi connectivity index (χ4n) is 3.60. The van der Waals surface area contributed by atoms with Crippen LogP contribution in [-0.2, 0) is 4.79 Å². The van der Waals surface area contributed by atoms with Gasteiger partial charge in [0, 0.05) is 31.0 Å². The van der Waals surface area contributed by atoms with Gasteiger partial charge in [-0.15, -0.1) is 0 Å². The van der Waals surface area contributed by atoms with E-state index in [1.165, 1.54) is 0 Å². The molecule has 154 valence electrons. The van der Waals surface area contributed by atoms with Gasteiger partial charge in [0.05, 0.1) is 22.3 Å². The third kappa shape index (κ3) is 4.36. The van der Waals surface area contributed by atoms with Crippen molar-refractivity contribution in [2.24, 2.45) is 5.92 Å². The number of benzene rings is 1. The van der Waals surface area contributed by atoms with Gasteiger partial charge in [-0.1, -0.05) is 17.7 Å². The van der Waals surface area contributed by atoms with Crippen LogP contribution in [0.2, 0.25) is 5.02 Å². The van der Waals surface area contributed by atoms with Crippen molar-refractivity contribution in [1.29, 1.82) is 0 Å². The summed E-state index contributed by atoms with van der Waals surface area (Å²) in [6.45, 7) is 2.90. The van der Waals surface area contributed by atoms with E-state index in [4.69, 9.17) is 11.6 Å². The summed E-state index contributed by atoms with van der Waals surface area (Å²) < 4.78 is 0. The molecule has 0 aliphatic carbocycles. The monoisotopic (exact) mass is 423 g/mol. The van der Waals surface area contributed by atoms with Gasteiger partial charge in [0.15, 0.2) is 0 Å². The summed E-state index contributed by atoms with van der Waals surface area (Å²) in [4.78, 5) is 31.5. The number of carbonyl (C=O) groups is 2. The standard InChI is InChI=1S/C22H22ClN5O2/c1-14-6-7-18(17(23)10-14)25-21(29)16-5-3-9-28(13-16)22(30)20-11-19(26-27-20)15-4-2-8-24-12-15/h2,4,6-8,10-12,16H,3,5,9,13H2,1H3,(H,25,29)(H,26,27). The molecule has 1 saturated heterocycles. The summed E-state index contributed by atoms with van der Waals surface area (Å²) in [5, 5.41) is 10.4. The Morgan fingerprint density at radius 3 is 2.90 bits per heavy atom. The van der Waals surface area contributed by atoms with Crippen LogP contribution in [0, 0.1) is 12.8 Å². The van der Waals surface area contributed by atoms with Gasteiger partial charge in [-0.05, 0) is 55.7 Å². The van der Waals surface area contributed by atoms with Crippen LogP contribution in [-0.4, -0.2) is 45.0 Å². The molecule has 1 fully saturated rings. The average Bonchev–Trinajstić information content (AvgIpc) is 3.26. The molecule has 1 atom stereocenters. The molecule has 30 heavy (non-hydrogen) atoms. The van der Waals surface area contributed by atoms with Gasteiger partial charge >= 0.3 is 0 Å². The second-order valence-corrected chi connectivity index (χ2v) is 7.88. The molecule has 1 aliphatic rings. The Morgan fingerprint density at radius 2 is 2.13 bits per heavy atom. The maximum absolute atomic E-state index is 12.9. The van der Waals surface area contributed by atoms with Crippen molar-refractivity contribution in [2.75, 3.05) is 18.4 Å². The number of amides is 2. The normalized spacial score (nSPS) is 16.3. The van der Waals surface area contributed by atoms with Crippen molar-refractivity contribution in [3.8, 4) is 11.3 Å². The van der Waals surface area contributed by atoms with Crippen molar-refractivity contribution in [1.82, 2.24) is 20.1 Å². The van der Waals surface area contributed by atoms with E-state index < -0.39 is 0 Å². The number of H-pyrrole nitrogens is 1. The highest BCUT2D eigenvalue weighted by atomic mass is 35.5. The molecule has 1 unspecified atom stereocenters. The van der Waals surface area contributed by atoms with Crippen molar-refractivity contribution in [3.63, 3.8) is 0 Å². The third-order valence-corrected chi connectivity index (χ3v) is 5.54. The van der Waals surface area contributed by atoms with E-state index in [-0.39, 0.29) is 17.7 Å². The number of nitrogens with one attached hydrogen (secondary N) is 2. The minimum atomic E-state index is -0.291. The van der Waals surface area contributed by atoms with Crippen LogP contribution in [0.1, 0.15) is 28.9 Å². The van der Waals surface area contributed by atoms with Gasteiger partial charge in [-0.2, -0.15) is 5.10 Å². The number of likely N-dealkylation sites (tertiary alicyclic amines) is 1. The number of piperidine rings is 1. The van der Waals surface area contributed by atoms with E-state index >= 15 is 0 Å². The molecule has 2 amide bonds. The summed E-state index contributed by atoms with van der Waals surface area (Å²) in [6.07, 6.45) is 4.87. The van der Waals surface area contributed by atoms with Gasteiger partial charge in [0.2, 0.25) is 5.91 Å². The Balaban J connectivity index is 1.43. The molecule has 0 bridgehead atoms. The van der Waals surface area contributed by atoms with Gasteiger partial charge in [-0.3, -0.25) is 19.7 Å². The van der Waals surface area contributed by atoms with E-state index in [0.29, 0.717) is 35.2 Å². The first kappa shape index (κ1) is 20.1. The Hall–Kier alpha value is -3.19. The molecular weight excluding hydrogens is 402 g/mol. The SMILES string of the molecule is Cc1ccc(NC(=O)C2CCCN(C(=O)c3cc(-c4cccnc4)n[nH]3)C2)c(Cl)c1. The molecule has 7 nitrogen and oxygen atoms in total. The Kier molecular flexibility index (Phi) is 5.81. The zero-order valence-corrected chi connectivity index (χ0v) is 17.3. The first-order valence-electron chi connectivity index (χ1n) is 9.83. The second kappa shape index (κ2) is 8.67. The second-order valence-electron chi connectivity index (χ2n) is 7.47. The van der Waals surface area contributed by atoms with Crippen LogP contribution >= 0.6 is 11.6 Å². The Bertz CT molecular complexity index is 1070. The molecule has 3 aromatic rings. The number of anilines is 1. The van der Waals surface area contributed by atoms with Gasteiger partial charge in [-0.25, -0.2) is 0 Å². The highest BCUT2D eigenvalue weighted by Gasteiger charge is 2.30. The minimum Gasteiger partial charge on any atom is -0.337 e. The first-order chi connectivity index (χ1) is 14.5. The number of halogens is 1. The predicted octanol–water partition coefficient (Wildman–Crippen LogP) is 3.92. The number of nitrogens with zero attached hydrogens (tertiary/aromatic N) is 3. The van der Waals surface area contributed by atoms with Gasteiger partial charge < -0.3 is 10.2 Å². The molecule has 1 aliphatic heterocycles. The van der Waals surface area contributed by atoms with E-state index in [2.05, 4.69) is 20.5 Å². The smallest absolute Gasteiger partial charge is 0.271 e. The topological polar surface area (TPSA) is 91.0 Å². The molecule has 0 saturated carbocycles. The lowest BCUT2D eigenvalue weighted by molar-refractivity contribution is -0.121. The zero-order valence-electron chi connectivity index (χ0n) is 16.6. The van der Waals surface area contributed by atoms with Crippen LogP contribution < -0.4 is 5.32 Å². The summed E-state index contributed by atoms with van der Waals surface area (Å²) >= 11 is 6.23. The minimum absolute atomic E-state index is 0.126. The Morgan fingerprint density at radius 1 is 1.27 bits per heavy atom. The molecule has 0 spiro atoms. The van der Waals surface area contributed by atoms with E-state index in [0.717, 1.165) is 24.0 Å². The lowest BCUT2D eigenvalue weighted by Gasteiger charge is -2.31. The van der Waals surface area contributed by atoms with Crippen LogP contribution in [0.3, 0.4) is 0 Å². The van der Waals surface area contributed by atoms with E-state index in [9.17, 15) is 9.59 Å². The maximum Gasteiger partial charge on any atom is 0.271 e. The lowest BCUT2D eigenvalue weighted by Crippen LogP contribution is -2.43. The van der Waals surface area contributed by atoms with Crippen molar-refractivity contribution >= 4 is 29.1 Å².